The number of ketones is 1. The van der Waals surface area contributed by atoms with Crippen molar-refractivity contribution >= 4 is 17.4 Å². The van der Waals surface area contributed by atoms with Crippen LogP contribution in [-0.2, 0) is 19.0 Å². The lowest BCUT2D eigenvalue weighted by molar-refractivity contribution is -0.140. The Morgan fingerprint density at radius 2 is 1.93 bits per heavy atom. The molecule has 0 spiro atoms. The summed E-state index contributed by atoms with van der Waals surface area (Å²) in [6.07, 6.45) is 2.58. The molecule has 1 aliphatic heterocycles. The van der Waals surface area contributed by atoms with Crippen LogP contribution < -0.4 is 11.2 Å². The molecule has 0 saturated carbocycles. The van der Waals surface area contributed by atoms with Gasteiger partial charge in [-0.2, -0.15) is 0 Å². The van der Waals surface area contributed by atoms with Crippen molar-refractivity contribution in [1.29, 1.82) is 0 Å². The van der Waals surface area contributed by atoms with E-state index in [1.54, 1.807) is 0 Å². The lowest BCUT2D eigenvalue weighted by Gasteiger charge is -2.31. The molecule has 1 aromatic rings. The van der Waals surface area contributed by atoms with Crippen molar-refractivity contribution in [3.63, 3.8) is 0 Å². The summed E-state index contributed by atoms with van der Waals surface area (Å²) in [7, 11) is 0. The van der Waals surface area contributed by atoms with Gasteiger partial charge in [0.25, 0.3) is 5.56 Å². The SMILES string of the molecule is CCCCOC[C@@]1(CCl)O[C@@H](n2ccc(=O)[nH]c2=O)C(=O)[C@@H]1OCCCC. The second kappa shape index (κ2) is 10.2. The van der Waals surface area contributed by atoms with Gasteiger partial charge in [-0.3, -0.25) is 19.1 Å². The molecule has 1 fully saturated rings. The molecule has 0 bridgehead atoms. The molecule has 152 valence electrons. The number of hydrogen-bond acceptors (Lipinski definition) is 6. The van der Waals surface area contributed by atoms with E-state index in [0.29, 0.717) is 13.2 Å². The molecule has 1 aromatic heterocycles. The number of ether oxygens (including phenoxy) is 3. The van der Waals surface area contributed by atoms with Gasteiger partial charge in [0.1, 0.15) is 5.60 Å². The number of aromatic amines is 1. The minimum atomic E-state index is -1.23. The quantitative estimate of drug-likeness (QED) is 0.446. The number of unbranched alkanes of at least 4 members (excludes halogenated alkanes) is 2. The van der Waals surface area contributed by atoms with Gasteiger partial charge in [0.2, 0.25) is 12.0 Å². The summed E-state index contributed by atoms with van der Waals surface area (Å²) >= 11 is 6.19. The predicted molar refractivity (Wildman–Crippen MR) is 100 cm³/mol. The molecule has 2 heterocycles. The Labute approximate surface area is 162 Å². The number of halogens is 1. The van der Waals surface area contributed by atoms with Gasteiger partial charge in [-0.05, 0) is 12.8 Å². The smallest absolute Gasteiger partial charge is 0.330 e. The van der Waals surface area contributed by atoms with Crippen LogP contribution in [0.25, 0.3) is 0 Å². The molecule has 9 heteroatoms. The van der Waals surface area contributed by atoms with E-state index < -0.39 is 35.0 Å². The Morgan fingerprint density at radius 3 is 2.56 bits per heavy atom. The van der Waals surface area contributed by atoms with Gasteiger partial charge in [-0.1, -0.05) is 26.7 Å². The Kier molecular flexibility index (Phi) is 8.22. The molecule has 0 amide bonds. The largest absolute Gasteiger partial charge is 0.378 e. The summed E-state index contributed by atoms with van der Waals surface area (Å²) in [5.74, 6) is -0.448. The minimum absolute atomic E-state index is 0.0315. The average molecular weight is 403 g/mol. The third kappa shape index (κ3) is 5.07. The minimum Gasteiger partial charge on any atom is -0.378 e. The third-order valence-corrected chi connectivity index (χ3v) is 4.88. The Bertz CT molecular complexity index is 733. The highest BCUT2D eigenvalue weighted by Gasteiger charge is 2.56. The molecule has 0 aromatic carbocycles. The summed E-state index contributed by atoms with van der Waals surface area (Å²) in [4.78, 5) is 38.5. The van der Waals surface area contributed by atoms with Crippen LogP contribution in [0.5, 0.6) is 0 Å². The zero-order valence-corrected chi connectivity index (χ0v) is 16.5. The van der Waals surface area contributed by atoms with Gasteiger partial charge in [-0.25, -0.2) is 4.79 Å². The van der Waals surface area contributed by atoms with Crippen LogP contribution in [0.4, 0.5) is 0 Å². The molecule has 0 unspecified atom stereocenters. The predicted octanol–water partition coefficient (Wildman–Crippen LogP) is 1.61. The number of rotatable bonds is 11. The number of aromatic nitrogens is 2. The summed E-state index contributed by atoms with van der Waals surface area (Å²) in [6, 6.07) is 1.16. The lowest BCUT2D eigenvalue weighted by atomic mass is 9.98. The van der Waals surface area contributed by atoms with Crippen molar-refractivity contribution in [2.24, 2.45) is 0 Å². The number of nitrogens with zero attached hydrogens (tertiary/aromatic N) is 1. The van der Waals surface area contributed by atoms with E-state index in [2.05, 4.69) is 4.98 Å². The zero-order chi connectivity index (χ0) is 19.9. The topological polar surface area (TPSA) is 99.6 Å². The maximum absolute atomic E-state index is 13.0. The van der Waals surface area contributed by atoms with Crippen molar-refractivity contribution < 1.29 is 19.0 Å². The fraction of sp³-hybridized carbons (Fsp3) is 0.722. The molecule has 2 rings (SSSR count). The highest BCUT2D eigenvalue weighted by atomic mass is 35.5. The fourth-order valence-corrected chi connectivity index (χ4v) is 3.14. The second-order valence-electron chi connectivity index (χ2n) is 6.60. The third-order valence-electron chi connectivity index (χ3n) is 4.43. The van der Waals surface area contributed by atoms with E-state index in [1.807, 2.05) is 13.8 Å². The average Bonchev–Trinajstić information content (AvgIpc) is 2.92. The Hall–Kier alpha value is -1.48. The maximum atomic E-state index is 13.0. The van der Waals surface area contributed by atoms with Gasteiger partial charge < -0.3 is 14.2 Å². The van der Waals surface area contributed by atoms with Gasteiger partial charge in [0.15, 0.2) is 6.10 Å². The standard InChI is InChI=1S/C18H27ClN2O6/c1-3-5-9-25-12-18(11-19)15(26-10-6-4-2)14(23)16(27-18)21-8-7-13(22)20-17(21)24/h7-8,15-16H,3-6,9-12H2,1-2H3,(H,20,22,24)/t15-,16+,18+/m0/s1. The molecule has 27 heavy (non-hydrogen) atoms. The first-order chi connectivity index (χ1) is 13.0. The number of carbonyl (C=O) groups excluding carboxylic acids is 1. The highest BCUT2D eigenvalue weighted by molar-refractivity contribution is 6.19. The molecule has 0 aliphatic carbocycles. The van der Waals surface area contributed by atoms with E-state index in [9.17, 15) is 14.4 Å². The number of carbonyl (C=O) groups is 1. The number of Topliss-reactive ketones (excluding diaryl/α,β-unsaturated/α-hetero) is 1. The van der Waals surface area contributed by atoms with Gasteiger partial charge >= 0.3 is 5.69 Å². The molecular formula is C18H27ClN2O6. The summed E-state index contributed by atoms with van der Waals surface area (Å²) in [5.41, 5.74) is -2.48. The van der Waals surface area contributed by atoms with Gasteiger partial charge in [-0.15, -0.1) is 11.6 Å². The van der Waals surface area contributed by atoms with Crippen LogP contribution in [0.1, 0.15) is 45.8 Å². The van der Waals surface area contributed by atoms with E-state index in [1.165, 1.54) is 6.20 Å². The van der Waals surface area contributed by atoms with E-state index >= 15 is 0 Å². The van der Waals surface area contributed by atoms with Crippen LogP contribution in [0, 0.1) is 0 Å². The van der Waals surface area contributed by atoms with E-state index in [4.69, 9.17) is 25.8 Å². The number of hydrogen-bond donors (Lipinski definition) is 1. The first-order valence-electron chi connectivity index (χ1n) is 9.27. The van der Waals surface area contributed by atoms with Crippen LogP contribution in [-0.4, -0.2) is 52.7 Å². The van der Waals surface area contributed by atoms with Crippen LogP contribution in [0.3, 0.4) is 0 Å². The molecular weight excluding hydrogens is 376 g/mol. The maximum Gasteiger partial charge on any atom is 0.330 e. The van der Waals surface area contributed by atoms with Gasteiger partial charge in [0, 0.05) is 25.5 Å². The zero-order valence-electron chi connectivity index (χ0n) is 15.7. The van der Waals surface area contributed by atoms with Crippen molar-refractivity contribution in [2.45, 2.75) is 57.5 Å². The summed E-state index contributed by atoms with van der Waals surface area (Å²) in [6.45, 7) is 5.02. The first-order valence-corrected chi connectivity index (χ1v) is 9.81. The molecule has 1 N–H and O–H groups in total. The summed E-state index contributed by atoms with van der Waals surface area (Å²) < 4.78 is 18.5. The number of nitrogens with one attached hydrogen (secondary N) is 1. The first kappa shape index (κ1) is 21.8. The lowest BCUT2D eigenvalue weighted by Crippen LogP contribution is -2.49. The molecule has 0 radical (unpaired) electrons. The number of alkyl halides is 1. The van der Waals surface area contributed by atoms with Gasteiger partial charge in [0.05, 0.1) is 12.5 Å². The van der Waals surface area contributed by atoms with Crippen molar-refractivity contribution in [3.8, 4) is 0 Å². The Morgan fingerprint density at radius 1 is 1.22 bits per heavy atom. The monoisotopic (exact) mass is 402 g/mol. The normalized spacial score (nSPS) is 25.2. The van der Waals surface area contributed by atoms with Crippen LogP contribution in [0.15, 0.2) is 21.9 Å². The van der Waals surface area contributed by atoms with Crippen molar-refractivity contribution in [2.75, 3.05) is 25.7 Å². The second-order valence-corrected chi connectivity index (χ2v) is 6.87. The van der Waals surface area contributed by atoms with E-state index in [0.717, 1.165) is 36.3 Å². The van der Waals surface area contributed by atoms with E-state index in [-0.39, 0.29) is 12.5 Å². The van der Waals surface area contributed by atoms with Crippen molar-refractivity contribution in [1.82, 2.24) is 9.55 Å². The fourth-order valence-electron chi connectivity index (χ4n) is 2.86. The number of H-pyrrole nitrogens is 1. The van der Waals surface area contributed by atoms with Crippen LogP contribution in [0.2, 0.25) is 0 Å². The molecule has 3 atom stereocenters. The molecule has 8 nitrogen and oxygen atoms in total. The van der Waals surface area contributed by atoms with Crippen molar-refractivity contribution in [3.05, 3.63) is 33.1 Å². The summed E-state index contributed by atoms with van der Waals surface area (Å²) in [5, 5.41) is 0. The Balaban J connectivity index is 2.29. The molecule has 1 aliphatic rings. The highest BCUT2D eigenvalue weighted by Crippen LogP contribution is 2.37. The molecule has 1 saturated heterocycles. The van der Waals surface area contributed by atoms with Crippen LogP contribution >= 0.6 is 11.6 Å².